The van der Waals surface area contributed by atoms with Crippen molar-refractivity contribution < 1.29 is 1.43 Å². The standard InChI is InChI=1S/C3H9S.H2/c1-4(2)3;/h1-3H3;1H/q+1;. The van der Waals surface area contributed by atoms with Gasteiger partial charge in [0.15, 0.2) is 0 Å². The molecule has 0 radical (unpaired) electrons. The third kappa shape index (κ3) is 35.0. The lowest BCUT2D eigenvalue weighted by atomic mass is 11.9. The van der Waals surface area contributed by atoms with Gasteiger partial charge in [-0.1, -0.05) is 0 Å². The molecule has 0 amide bonds. The molecule has 0 aromatic rings. The van der Waals surface area contributed by atoms with E-state index in [4.69, 9.17) is 0 Å². The van der Waals surface area contributed by atoms with E-state index >= 15 is 0 Å². The predicted molar refractivity (Wildman–Crippen MR) is 27.3 cm³/mol. The molecule has 0 fully saturated rings. The second-order valence-corrected chi connectivity index (χ2v) is 3.67. The lowest BCUT2D eigenvalue weighted by molar-refractivity contribution is 2.18. The lowest BCUT2D eigenvalue weighted by Gasteiger charge is -1.69. The van der Waals surface area contributed by atoms with Gasteiger partial charge in [-0.25, -0.2) is 0 Å². The van der Waals surface area contributed by atoms with Crippen molar-refractivity contribution in [2.24, 2.45) is 0 Å². The Balaban J connectivity index is 0. The Morgan fingerprint density at radius 1 is 1.25 bits per heavy atom. The van der Waals surface area contributed by atoms with Crippen LogP contribution in [-0.2, 0) is 10.9 Å². The van der Waals surface area contributed by atoms with Gasteiger partial charge in [-0.05, 0) is 10.9 Å². The number of hydrogen-bond acceptors (Lipinski definition) is 0. The second kappa shape index (κ2) is 1.65. The Morgan fingerprint density at radius 2 is 1.25 bits per heavy atom. The minimum absolute atomic E-state index is 0. The molecule has 0 aromatic carbocycles. The molecule has 0 rings (SSSR count). The molecule has 4 heavy (non-hydrogen) atoms. The molecule has 0 bridgehead atoms. The van der Waals surface area contributed by atoms with Gasteiger partial charge in [0.2, 0.25) is 0 Å². The van der Waals surface area contributed by atoms with Crippen molar-refractivity contribution in [1.82, 2.24) is 0 Å². The zero-order valence-corrected chi connectivity index (χ0v) is 4.22. The van der Waals surface area contributed by atoms with Crippen molar-refractivity contribution in [2.45, 2.75) is 0 Å². The van der Waals surface area contributed by atoms with Crippen molar-refractivity contribution in [3.8, 4) is 0 Å². The highest BCUT2D eigenvalue weighted by Crippen LogP contribution is 1.63. The molecule has 28 valence electrons. The van der Waals surface area contributed by atoms with Crippen molar-refractivity contribution in [3.05, 3.63) is 0 Å². The predicted octanol–water partition coefficient (Wildman–Crippen LogP) is 0.740. The molecule has 0 saturated carbocycles. The molecule has 0 nitrogen and oxygen atoms in total. The summed E-state index contributed by atoms with van der Waals surface area (Å²) in [4.78, 5) is 0. The summed E-state index contributed by atoms with van der Waals surface area (Å²) in [7, 11) is 0.639. The molecule has 0 aliphatic rings. The fourth-order valence-electron chi connectivity index (χ4n) is 0. The van der Waals surface area contributed by atoms with Crippen LogP contribution in [0.25, 0.3) is 0 Å². The second-order valence-electron chi connectivity index (χ2n) is 1.22. The van der Waals surface area contributed by atoms with E-state index in [9.17, 15) is 0 Å². The maximum Gasteiger partial charge on any atom is 0.0969 e. The smallest absolute Gasteiger partial charge is 0.0219 e. The van der Waals surface area contributed by atoms with Crippen molar-refractivity contribution >= 4 is 10.9 Å². The van der Waals surface area contributed by atoms with Gasteiger partial charge in [0.25, 0.3) is 0 Å². The van der Waals surface area contributed by atoms with Crippen LogP contribution in [0.2, 0.25) is 0 Å². The minimum atomic E-state index is 0. The van der Waals surface area contributed by atoms with E-state index in [-0.39, 0.29) is 1.43 Å². The van der Waals surface area contributed by atoms with E-state index in [0.717, 1.165) is 0 Å². The monoisotopic (exact) mass is 79.1 g/mol. The van der Waals surface area contributed by atoms with Crippen LogP contribution < -0.4 is 0 Å². The number of hydrogen-bond donors (Lipinski definition) is 0. The van der Waals surface area contributed by atoms with Crippen LogP contribution in [-0.4, -0.2) is 18.8 Å². The van der Waals surface area contributed by atoms with Crippen LogP contribution in [0.15, 0.2) is 0 Å². The molecule has 0 aliphatic carbocycles. The van der Waals surface area contributed by atoms with Crippen LogP contribution in [0.3, 0.4) is 0 Å². The summed E-state index contributed by atoms with van der Waals surface area (Å²) in [5, 5.41) is 0. The first kappa shape index (κ1) is 4.35. The van der Waals surface area contributed by atoms with Gasteiger partial charge < -0.3 is 0 Å². The van der Waals surface area contributed by atoms with E-state index in [1.54, 1.807) is 0 Å². The van der Waals surface area contributed by atoms with Crippen molar-refractivity contribution in [3.63, 3.8) is 0 Å². The summed E-state index contributed by atoms with van der Waals surface area (Å²) in [5.41, 5.74) is 0. The van der Waals surface area contributed by atoms with Gasteiger partial charge in [-0.15, -0.1) is 0 Å². The van der Waals surface area contributed by atoms with Crippen LogP contribution in [0, 0.1) is 0 Å². The summed E-state index contributed by atoms with van der Waals surface area (Å²) in [6.07, 6.45) is 6.58. The third-order valence-electron chi connectivity index (χ3n) is 0. The Kier molecular flexibility index (Phi) is 1.79. The molecule has 0 spiro atoms. The van der Waals surface area contributed by atoms with Gasteiger partial charge in [0.1, 0.15) is 0 Å². The third-order valence-corrected chi connectivity index (χ3v) is 0. The molecule has 0 saturated heterocycles. The fourth-order valence-corrected chi connectivity index (χ4v) is 0. The molecular formula is C3H11S+. The highest BCUT2D eigenvalue weighted by Gasteiger charge is 1.77. The maximum atomic E-state index is 2.19. The largest absolute Gasteiger partial charge is 0.0969 e. The zero-order valence-electron chi connectivity index (χ0n) is 3.41. The number of rotatable bonds is 0. The summed E-state index contributed by atoms with van der Waals surface area (Å²) >= 11 is 0. The fraction of sp³-hybridized carbons (Fsp3) is 1.00. The Hall–Kier alpha value is 0.350. The molecule has 1 heteroatoms. The first-order valence-corrected chi connectivity index (χ1v) is 3.67. The molecular weight excluding hydrogens is 68.1 g/mol. The van der Waals surface area contributed by atoms with Gasteiger partial charge in [-0.2, -0.15) is 0 Å². The molecule has 0 heterocycles. The van der Waals surface area contributed by atoms with Crippen molar-refractivity contribution in [1.29, 1.82) is 0 Å². The topological polar surface area (TPSA) is 0 Å². The summed E-state index contributed by atoms with van der Waals surface area (Å²) in [5.74, 6) is 0. The van der Waals surface area contributed by atoms with Crippen LogP contribution in [0.5, 0.6) is 0 Å². The normalized spacial score (nSPS) is 9.00. The van der Waals surface area contributed by atoms with Crippen LogP contribution in [0.1, 0.15) is 1.43 Å². The van der Waals surface area contributed by atoms with Gasteiger partial charge in [0, 0.05) is 1.43 Å². The van der Waals surface area contributed by atoms with Gasteiger partial charge in [0.05, 0.1) is 18.8 Å². The summed E-state index contributed by atoms with van der Waals surface area (Å²) < 4.78 is 0. The molecule has 0 aliphatic heterocycles. The van der Waals surface area contributed by atoms with Gasteiger partial charge >= 0.3 is 0 Å². The first-order chi connectivity index (χ1) is 1.73. The Morgan fingerprint density at radius 3 is 1.25 bits per heavy atom. The highest BCUT2D eigenvalue weighted by atomic mass is 32.2. The summed E-state index contributed by atoms with van der Waals surface area (Å²) in [6, 6.07) is 0. The summed E-state index contributed by atoms with van der Waals surface area (Å²) in [6.45, 7) is 0. The Labute approximate surface area is 32.0 Å². The molecule has 0 atom stereocenters. The highest BCUT2D eigenvalue weighted by molar-refractivity contribution is 7.94. The van der Waals surface area contributed by atoms with E-state index in [1.807, 2.05) is 0 Å². The minimum Gasteiger partial charge on any atom is -0.0219 e. The van der Waals surface area contributed by atoms with E-state index in [2.05, 4.69) is 18.8 Å². The lowest BCUT2D eigenvalue weighted by Crippen LogP contribution is -1.84. The molecule has 0 aromatic heterocycles. The van der Waals surface area contributed by atoms with E-state index in [1.165, 1.54) is 0 Å². The quantitative estimate of drug-likeness (QED) is 0.376. The van der Waals surface area contributed by atoms with Crippen LogP contribution in [0.4, 0.5) is 0 Å². The SMILES string of the molecule is C[S+](C)C.[HH]. The average molecular weight is 79.2 g/mol. The first-order valence-electron chi connectivity index (χ1n) is 1.22. The van der Waals surface area contributed by atoms with Crippen molar-refractivity contribution in [2.75, 3.05) is 18.8 Å². The van der Waals surface area contributed by atoms with E-state index < -0.39 is 0 Å². The molecule has 0 unspecified atom stereocenters. The maximum absolute atomic E-state index is 2.19. The van der Waals surface area contributed by atoms with E-state index in [0.29, 0.717) is 10.9 Å². The van der Waals surface area contributed by atoms with Crippen LogP contribution >= 0.6 is 0 Å². The average Bonchev–Trinajstić information content (AvgIpc) is 0.811. The zero-order chi connectivity index (χ0) is 3.58. The Bertz CT molecular complexity index is 11.6. The molecule has 0 N–H and O–H groups in total. The van der Waals surface area contributed by atoms with Gasteiger partial charge in [-0.3, -0.25) is 0 Å².